The molecule has 8 nitrogen and oxygen atoms in total. The van der Waals surface area contributed by atoms with Crippen LogP contribution in [0.5, 0.6) is 0 Å². The lowest BCUT2D eigenvalue weighted by molar-refractivity contribution is 0.0955. The maximum atomic E-state index is 12.3. The molecule has 140 valence electrons. The normalized spacial score (nSPS) is 10.6. The Labute approximate surface area is 161 Å². The van der Waals surface area contributed by atoms with Crippen molar-refractivity contribution in [1.29, 1.82) is 0 Å². The molecule has 0 aliphatic heterocycles. The molecule has 28 heavy (non-hydrogen) atoms. The highest BCUT2D eigenvalue weighted by molar-refractivity contribution is 5.95. The number of aromatic nitrogens is 4. The van der Waals surface area contributed by atoms with Gasteiger partial charge in [0.15, 0.2) is 5.82 Å². The Kier molecular flexibility index (Phi) is 5.10. The van der Waals surface area contributed by atoms with Crippen molar-refractivity contribution in [1.82, 2.24) is 24.9 Å². The zero-order valence-electron chi connectivity index (χ0n) is 15.0. The van der Waals surface area contributed by atoms with Crippen molar-refractivity contribution < 1.29 is 4.79 Å². The maximum Gasteiger partial charge on any atom is 0.252 e. The van der Waals surface area contributed by atoms with Gasteiger partial charge in [-0.1, -0.05) is 6.07 Å². The molecule has 0 saturated carbocycles. The molecule has 0 aliphatic rings. The van der Waals surface area contributed by atoms with Crippen molar-refractivity contribution in [2.24, 2.45) is 0 Å². The smallest absolute Gasteiger partial charge is 0.252 e. The van der Waals surface area contributed by atoms with Crippen molar-refractivity contribution in [2.45, 2.75) is 0 Å². The number of carbonyl (C=O) groups is 1. The van der Waals surface area contributed by atoms with Gasteiger partial charge in [-0.2, -0.15) is 0 Å². The molecule has 0 aromatic carbocycles. The average Bonchev–Trinajstić information content (AvgIpc) is 3.17. The standard InChI is InChI=1S/C20H19N7O/c28-20(15-12-17-5-1-2-11-27(17)14-15)23-10-9-22-18-6-7-19(26-25-18)24-16-4-3-8-21-13-16/h1-8,11-14H,9-10H2,(H,22,25)(H,23,28)(H,24,26). The van der Waals surface area contributed by atoms with Gasteiger partial charge in [0, 0.05) is 37.2 Å². The first-order valence-electron chi connectivity index (χ1n) is 8.87. The first kappa shape index (κ1) is 17.5. The Morgan fingerprint density at radius 3 is 2.68 bits per heavy atom. The number of fused-ring (bicyclic) bond motifs is 1. The third kappa shape index (κ3) is 4.24. The highest BCUT2D eigenvalue weighted by Crippen LogP contribution is 2.13. The summed E-state index contributed by atoms with van der Waals surface area (Å²) in [4.78, 5) is 16.3. The summed E-state index contributed by atoms with van der Waals surface area (Å²) in [7, 11) is 0. The summed E-state index contributed by atoms with van der Waals surface area (Å²) in [6.45, 7) is 1.02. The number of carbonyl (C=O) groups excluding carboxylic acids is 1. The topological polar surface area (TPSA) is 96.2 Å². The van der Waals surface area contributed by atoms with E-state index in [1.54, 1.807) is 12.4 Å². The molecule has 3 N–H and O–H groups in total. The quantitative estimate of drug-likeness (QED) is 0.431. The molecule has 4 aromatic heterocycles. The van der Waals surface area contributed by atoms with E-state index in [1.165, 1.54) is 0 Å². The monoisotopic (exact) mass is 373 g/mol. The van der Waals surface area contributed by atoms with Crippen LogP contribution in [0.3, 0.4) is 0 Å². The second-order valence-corrected chi connectivity index (χ2v) is 6.11. The van der Waals surface area contributed by atoms with Gasteiger partial charge in [0.25, 0.3) is 5.91 Å². The van der Waals surface area contributed by atoms with Crippen LogP contribution < -0.4 is 16.0 Å². The molecule has 0 spiro atoms. The van der Waals surface area contributed by atoms with E-state index in [-0.39, 0.29) is 5.91 Å². The van der Waals surface area contributed by atoms with Gasteiger partial charge in [0.05, 0.1) is 17.4 Å². The number of hydrogen-bond acceptors (Lipinski definition) is 6. The van der Waals surface area contributed by atoms with Crippen LogP contribution in [0, 0.1) is 0 Å². The number of amides is 1. The fourth-order valence-corrected chi connectivity index (χ4v) is 2.73. The molecule has 1 amide bonds. The van der Waals surface area contributed by atoms with E-state index < -0.39 is 0 Å². The van der Waals surface area contributed by atoms with E-state index in [1.807, 2.05) is 65.3 Å². The largest absolute Gasteiger partial charge is 0.367 e. The number of nitrogens with zero attached hydrogens (tertiary/aromatic N) is 4. The summed E-state index contributed by atoms with van der Waals surface area (Å²) in [6.07, 6.45) is 7.16. The molecular weight excluding hydrogens is 354 g/mol. The van der Waals surface area contributed by atoms with Crippen molar-refractivity contribution in [3.8, 4) is 0 Å². The van der Waals surface area contributed by atoms with Crippen molar-refractivity contribution in [3.05, 3.63) is 78.9 Å². The second-order valence-electron chi connectivity index (χ2n) is 6.11. The van der Waals surface area contributed by atoms with E-state index >= 15 is 0 Å². The maximum absolute atomic E-state index is 12.3. The SMILES string of the molecule is O=C(NCCNc1ccc(Nc2cccnc2)nn1)c1cc2ccccn2c1. The predicted octanol–water partition coefficient (Wildman–Crippen LogP) is 2.71. The molecule has 0 atom stereocenters. The predicted molar refractivity (Wildman–Crippen MR) is 108 cm³/mol. The van der Waals surface area contributed by atoms with Gasteiger partial charge in [-0.05, 0) is 42.5 Å². The minimum absolute atomic E-state index is 0.104. The summed E-state index contributed by atoms with van der Waals surface area (Å²) >= 11 is 0. The molecule has 4 rings (SSSR count). The van der Waals surface area contributed by atoms with Gasteiger partial charge in [0.1, 0.15) is 5.82 Å². The molecule has 0 fully saturated rings. The van der Waals surface area contributed by atoms with E-state index in [0.717, 1.165) is 11.2 Å². The third-order valence-corrected chi connectivity index (χ3v) is 4.08. The minimum atomic E-state index is -0.104. The van der Waals surface area contributed by atoms with Gasteiger partial charge in [-0.25, -0.2) is 0 Å². The Morgan fingerprint density at radius 2 is 1.89 bits per heavy atom. The molecule has 0 aliphatic carbocycles. The van der Waals surface area contributed by atoms with E-state index in [2.05, 4.69) is 31.1 Å². The zero-order chi connectivity index (χ0) is 19.2. The fourth-order valence-electron chi connectivity index (χ4n) is 2.73. The minimum Gasteiger partial charge on any atom is -0.367 e. The van der Waals surface area contributed by atoms with E-state index in [4.69, 9.17) is 0 Å². The molecule has 8 heteroatoms. The molecular formula is C20H19N7O. The van der Waals surface area contributed by atoms with Crippen LogP contribution in [0.25, 0.3) is 5.52 Å². The first-order chi connectivity index (χ1) is 13.8. The lowest BCUT2D eigenvalue weighted by atomic mass is 10.3. The van der Waals surface area contributed by atoms with Gasteiger partial charge < -0.3 is 20.4 Å². The van der Waals surface area contributed by atoms with Crippen LogP contribution in [-0.2, 0) is 0 Å². The Morgan fingerprint density at radius 1 is 1.00 bits per heavy atom. The van der Waals surface area contributed by atoms with Gasteiger partial charge >= 0.3 is 0 Å². The zero-order valence-corrected chi connectivity index (χ0v) is 15.0. The summed E-state index contributed by atoms with van der Waals surface area (Å²) in [5.74, 6) is 1.17. The molecule has 0 bridgehead atoms. The Hall–Kier alpha value is -3.94. The van der Waals surface area contributed by atoms with E-state index in [9.17, 15) is 4.79 Å². The number of hydrogen-bond donors (Lipinski definition) is 3. The fraction of sp³-hybridized carbons (Fsp3) is 0.100. The van der Waals surface area contributed by atoms with Crippen LogP contribution in [0.15, 0.2) is 73.3 Å². The third-order valence-electron chi connectivity index (χ3n) is 4.08. The molecule has 4 heterocycles. The Balaban J connectivity index is 1.24. The summed E-state index contributed by atoms with van der Waals surface area (Å²) < 4.78 is 1.92. The van der Waals surface area contributed by atoms with Crippen molar-refractivity contribution >= 4 is 28.7 Å². The van der Waals surface area contributed by atoms with Crippen LogP contribution in [-0.4, -0.2) is 38.6 Å². The number of anilines is 3. The van der Waals surface area contributed by atoms with Crippen molar-refractivity contribution in [3.63, 3.8) is 0 Å². The van der Waals surface area contributed by atoms with Crippen LogP contribution in [0.2, 0.25) is 0 Å². The van der Waals surface area contributed by atoms with Crippen LogP contribution >= 0.6 is 0 Å². The highest BCUT2D eigenvalue weighted by Gasteiger charge is 2.07. The molecule has 0 radical (unpaired) electrons. The second kappa shape index (κ2) is 8.17. The highest BCUT2D eigenvalue weighted by atomic mass is 16.1. The lowest BCUT2D eigenvalue weighted by Gasteiger charge is -2.08. The van der Waals surface area contributed by atoms with Gasteiger partial charge in [-0.15, -0.1) is 10.2 Å². The number of rotatable bonds is 7. The van der Waals surface area contributed by atoms with E-state index in [0.29, 0.717) is 30.3 Å². The van der Waals surface area contributed by atoms with Crippen molar-refractivity contribution in [2.75, 3.05) is 23.7 Å². The Bertz CT molecular complexity index is 1030. The average molecular weight is 373 g/mol. The molecule has 0 saturated heterocycles. The summed E-state index contributed by atoms with van der Waals surface area (Å²) in [5.41, 5.74) is 2.47. The number of nitrogens with one attached hydrogen (secondary N) is 3. The summed E-state index contributed by atoms with van der Waals surface area (Å²) in [5, 5.41) is 17.4. The molecule has 0 unspecified atom stereocenters. The number of pyridine rings is 2. The van der Waals surface area contributed by atoms with Gasteiger partial charge in [0.2, 0.25) is 0 Å². The van der Waals surface area contributed by atoms with Crippen LogP contribution in [0.4, 0.5) is 17.3 Å². The van der Waals surface area contributed by atoms with Crippen LogP contribution in [0.1, 0.15) is 10.4 Å². The van der Waals surface area contributed by atoms with Gasteiger partial charge in [-0.3, -0.25) is 9.78 Å². The molecule has 4 aromatic rings. The lowest BCUT2D eigenvalue weighted by Crippen LogP contribution is -2.28. The summed E-state index contributed by atoms with van der Waals surface area (Å²) in [6, 6.07) is 15.1. The first-order valence-corrected chi connectivity index (χ1v) is 8.87.